The molecule has 9 heteroatoms. The van der Waals surface area contributed by atoms with Gasteiger partial charge in [0.25, 0.3) is 5.91 Å². The number of hydrogen-bond donors (Lipinski definition) is 1. The second-order valence-electron chi connectivity index (χ2n) is 26.5. The van der Waals surface area contributed by atoms with Crippen LogP contribution in [-0.2, 0) is 48.7 Å². The van der Waals surface area contributed by atoms with E-state index in [2.05, 4.69) is 196 Å². The number of hydrogen-bond acceptors (Lipinski definition) is 6. The van der Waals surface area contributed by atoms with Gasteiger partial charge in [0.2, 0.25) is 0 Å². The zero-order valence-corrected chi connectivity index (χ0v) is 49.4. The highest BCUT2D eigenvalue weighted by Gasteiger charge is 2.43. The molecule has 0 saturated carbocycles. The van der Waals surface area contributed by atoms with Crippen LogP contribution in [0.4, 0.5) is 8.78 Å². The second kappa shape index (κ2) is 31.6. The molecule has 0 radical (unpaired) electrons. The molecule has 0 aromatic heterocycles. The molecule has 0 unspecified atom stereocenters. The highest BCUT2D eigenvalue weighted by Crippen LogP contribution is 2.40. The maximum atomic E-state index is 12.3. The number of para-hydroxylation sites is 3. The van der Waals surface area contributed by atoms with Gasteiger partial charge in [-0.3, -0.25) is 4.79 Å². The standard InChI is InChI=1S/C9H10O.C8H7NO.2C8H8O.C7H4F2O2.5C5H12/c1-2-4-9-7-10-6-5-8(9)3-1;10-8-7-4-2-1-3-6(7)5-9-8;1-2-4-8-6-9-5-7(8)3-1;1-2-4-8-7(3-1)5-6-9-8;8-7(9)10-5-3-1-2-4-6(5)11-7;5*1-5(2,3)4/h1-4H,5-7H2;1-4H,5H2,(H,9,10);2*1-4H,5-6H2;1-4H;5*1-4H3. The van der Waals surface area contributed by atoms with E-state index in [1.165, 1.54) is 39.9 Å². The van der Waals surface area contributed by atoms with Gasteiger partial charge >= 0.3 is 6.29 Å². The summed E-state index contributed by atoms with van der Waals surface area (Å²) in [5, 5.41) is 2.75. The summed E-state index contributed by atoms with van der Waals surface area (Å²) in [4.78, 5) is 11.0. The summed E-state index contributed by atoms with van der Waals surface area (Å²) in [5.41, 5.74) is 11.3. The minimum absolute atomic E-state index is 0.0515. The number of rotatable bonds is 0. The van der Waals surface area contributed by atoms with Crippen LogP contribution < -0.4 is 19.5 Å². The number of carbonyl (C=O) groups is 1. The van der Waals surface area contributed by atoms with Gasteiger partial charge < -0.3 is 29.0 Å². The van der Waals surface area contributed by atoms with Crippen LogP contribution >= 0.6 is 0 Å². The monoisotopic (exact) mass is 1030 g/mol. The Balaban J connectivity index is 0.000000419. The number of carbonyl (C=O) groups excluding carboxylic acids is 1. The molecule has 5 aromatic carbocycles. The number of nitrogens with one attached hydrogen (secondary N) is 1. The predicted molar refractivity (Wildman–Crippen MR) is 306 cm³/mol. The largest absolute Gasteiger partial charge is 0.586 e. The van der Waals surface area contributed by atoms with Crippen LogP contribution in [-0.4, -0.2) is 25.4 Å². The summed E-state index contributed by atoms with van der Waals surface area (Å²) in [6.07, 6.45) is -1.34. The Morgan fingerprint density at radius 3 is 1.09 bits per heavy atom. The quantitative estimate of drug-likeness (QED) is 0.167. The third kappa shape index (κ3) is 37.5. The highest BCUT2D eigenvalue weighted by atomic mass is 19.3. The van der Waals surface area contributed by atoms with E-state index in [4.69, 9.17) is 14.2 Å². The Bertz CT molecular complexity index is 2090. The van der Waals surface area contributed by atoms with Crippen molar-refractivity contribution < 1.29 is 37.3 Å². The summed E-state index contributed by atoms with van der Waals surface area (Å²) in [5.74, 6) is 1.28. The van der Waals surface area contributed by atoms with Gasteiger partial charge in [-0.1, -0.05) is 236 Å². The Morgan fingerprint density at radius 1 is 0.392 bits per heavy atom. The van der Waals surface area contributed by atoms with Crippen molar-refractivity contribution in [2.45, 2.75) is 184 Å². The van der Waals surface area contributed by atoms with E-state index in [0.29, 0.717) is 33.6 Å². The molecule has 1 amide bonds. The van der Waals surface area contributed by atoms with E-state index < -0.39 is 6.29 Å². The summed E-state index contributed by atoms with van der Waals surface area (Å²) in [6.45, 7) is 48.6. The third-order valence-corrected chi connectivity index (χ3v) is 8.13. The molecular weight excluding hydrogens is 929 g/mol. The lowest BCUT2D eigenvalue weighted by Gasteiger charge is -2.14. The number of fused-ring (bicyclic) bond motifs is 5. The Kier molecular flexibility index (Phi) is 28.5. The fraction of sp³-hybridized carbons (Fsp3) is 0.523. The predicted octanol–water partition coefficient (Wildman–Crippen LogP) is 18.3. The van der Waals surface area contributed by atoms with E-state index in [0.717, 1.165) is 62.8 Å². The SMILES string of the molecule is CC(C)(C)C.CC(C)(C)C.CC(C)(C)C.CC(C)(C)C.CC(C)(C)C.FC1(F)Oc2ccccc2O1.O=C1NCc2ccccc21.c1ccc2c(c1)CCO2.c1ccc2c(c1)CCOC2.c1ccc2c(c1)COC2. The van der Waals surface area contributed by atoms with Gasteiger partial charge in [-0.15, -0.1) is 8.78 Å². The van der Waals surface area contributed by atoms with Crippen LogP contribution in [0.2, 0.25) is 0 Å². The van der Waals surface area contributed by atoms with Gasteiger partial charge in [-0.2, -0.15) is 0 Å². The first kappa shape index (κ1) is 66.8. The Morgan fingerprint density at radius 2 is 0.703 bits per heavy atom. The number of ether oxygens (including phenoxy) is 5. The van der Waals surface area contributed by atoms with Crippen molar-refractivity contribution in [3.05, 3.63) is 160 Å². The van der Waals surface area contributed by atoms with Gasteiger partial charge in [0.1, 0.15) is 5.75 Å². The van der Waals surface area contributed by atoms with E-state index in [9.17, 15) is 13.6 Å². The summed E-state index contributed by atoms with van der Waals surface area (Å²) in [7, 11) is 0. The molecule has 0 spiro atoms. The molecule has 10 rings (SSSR count). The summed E-state index contributed by atoms with van der Waals surface area (Å²) >= 11 is 0. The number of alkyl halides is 2. The van der Waals surface area contributed by atoms with Gasteiger partial charge in [0.15, 0.2) is 11.5 Å². The average molecular weight is 1030 g/mol. The third-order valence-electron chi connectivity index (χ3n) is 8.13. The number of amides is 1. The van der Waals surface area contributed by atoms with Crippen molar-refractivity contribution in [1.82, 2.24) is 5.32 Å². The van der Waals surface area contributed by atoms with Crippen LogP contribution in [0.25, 0.3) is 0 Å². The Hall–Kier alpha value is -5.25. The van der Waals surface area contributed by atoms with Crippen molar-refractivity contribution in [3.63, 3.8) is 0 Å². The van der Waals surface area contributed by atoms with Crippen molar-refractivity contribution in [3.8, 4) is 17.2 Å². The summed E-state index contributed by atoms with van der Waals surface area (Å²) < 4.78 is 48.7. The molecule has 412 valence electrons. The zero-order valence-electron chi connectivity index (χ0n) is 49.4. The average Bonchev–Trinajstić information content (AvgIpc) is 4.07. The minimum Gasteiger partial charge on any atom is -0.493 e. The molecule has 0 fully saturated rings. The maximum absolute atomic E-state index is 12.3. The van der Waals surface area contributed by atoms with Crippen LogP contribution in [0.3, 0.4) is 0 Å². The highest BCUT2D eigenvalue weighted by molar-refractivity contribution is 5.98. The molecule has 5 aliphatic heterocycles. The van der Waals surface area contributed by atoms with Crippen molar-refractivity contribution >= 4 is 5.91 Å². The lowest BCUT2D eigenvalue weighted by Crippen LogP contribution is -2.25. The molecule has 5 aromatic rings. The van der Waals surface area contributed by atoms with Gasteiger partial charge in [-0.25, -0.2) is 0 Å². The molecule has 0 aliphatic carbocycles. The van der Waals surface area contributed by atoms with E-state index in [-0.39, 0.29) is 17.4 Å². The molecule has 1 N–H and O–H groups in total. The van der Waals surface area contributed by atoms with E-state index >= 15 is 0 Å². The molecule has 5 heterocycles. The van der Waals surface area contributed by atoms with Gasteiger partial charge in [0, 0.05) is 18.5 Å². The molecular formula is C65H97F2NO6. The number of halogens is 2. The molecule has 0 atom stereocenters. The zero-order chi connectivity index (χ0) is 56.4. The molecule has 5 aliphatic rings. The Labute approximate surface area is 448 Å². The first-order chi connectivity index (χ1) is 33.9. The molecule has 0 bridgehead atoms. The smallest absolute Gasteiger partial charge is 0.493 e. The van der Waals surface area contributed by atoms with Crippen molar-refractivity contribution in [1.29, 1.82) is 0 Å². The lowest BCUT2D eigenvalue weighted by atomic mass is 10.0. The first-order valence-corrected chi connectivity index (χ1v) is 26.2. The van der Waals surface area contributed by atoms with Crippen molar-refractivity contribution in [2.75, 3.05) is 13.2 Å². The molecule has 74 heavy (non-hydrogen) atoms. The molecule has 0 saturated heterocycles. The van der Waals surface area contributed by atoms with Crippen LogP contribution in [0.5, 0.6) is 17.2 Å². The minimum atomic E-state index is -3.50. The first-order valence-electron chi connectivity index (χ1n) is 26.2. The number of benzene rings is 5. The van der Waals surface area contributed by atoms with E-state index in [1.807, 2.05) is 54.6 Å². The van der Waals surface area contributed by atoms with Crippen molar-refractivity contribution in [2.24, 2.45) is 27.1 Å². The van der Waals surface area contributed by atoms with Crippen LogP contribution in [0.1, 0.15) is 182 Å². The maximum Gasteiger partial charge on any atom is 0.586 e. The lowest BCUT2D eigenvalue weighted by molar-refractivity contribution is -0.286. The normalized spacial score (nSPS) is 14.6. The van der Waals surface area contributed by atoms with E-state index in [1.54, 1.807) is 12.1 Å². The second-order valence-corrected chi connectivity index (χ2v) is 26.5. The topological polar surface area (TPSA) is 75.3 Å². The van der Waals surface area contributed by atoms with Crippen LogP contribution in [0.15, 0.2) is 121 Å². The fourth-order valence-corrected chi connectivity index (χ4v) is 5.60. The molecule has 7 nitrogen and oxygen atoms in total. The van der Waals surface area contributed by atoms with Crippen LogP contribution in [0, 0.1) is 27.1 Å². The van der Waals surface area contributed by atoms with Gasteiger partial charge in [-0.05, 0) is 91.1 Å². The van der Waals surface area contributed by atoms with Gasteiger partial charge in [0.05, 0.1) is 33.0 Å². The summed E-state index contributed by atoms with van der Waals surface area (Å²) in [6, 6.07) is 38.7. The fourth-order valence-electron chi connectivity index (χ4n) is 5.60.